The number of hydrogen-bond donors (Lipinski definition) is 3. The van der Waals surface area contributed by atoms with Crippen molar-refractivity contribution in [2.45, 2.75) is 37.6 Å². The highest BCUT2D eigenvalue weighted by Gasteiger charge is 2.43. The number of nitrogens with one attached hydrogen (secondary N) is 3. The summed E-state index contributed by atoms with van der Waals surface area (Å²) in [6, 6.07) is 6.81. The fraction of sp³-hybridized carbons (Fsp3) is 0.444. The molecule has 2 rings (SSSR count). The average Bonchev–Trinajstić information content (AvgIpc) is 2.85. The summed E-state index contributed by atoms with van der Waals surface area (Å²) in [6.45, 7) is 5.62. The maximum Gasteiger partial charge on any atom is 0.325 e. The molecule has 0 atom stereocenters. The SMILES string of the molecule is CCOc1ccc(SCC(=O)NNC(=O)CCN2C(=O)NC(C)(C)C2=O)cc1. The molecule has 0 saturated carbocycles. The lowest BCUT2D eigenvalue weighted by Gasteiger charge is -2.15. The van der Waals surface area contributed by atoms with Crippen LogP contribution in [0.1, 0.15) is 27.2 Å². The molecule has 0 unspecified atom stereocenters. The highest BCUT2D eigenvalue weighted by atomic mass is 32.2. The molecular weight excluding hydrogens is 384 g/mol. The number of carbonyl (C=O) groups is 4. The van der Waals surface area contributed by atoms with E-state index in [9.17, 15) is 19.2 Å². The van der Waals surface area contributed by atoms with Gasteiger partial charge in [-0.1, -0.05) is 0 Å². The van der Waals surface area contributed by atoms with Crippen molar-refractivity contribution in [1.29, 1.82) is 0 Å². The molecule has 1 heterocycles. The Hall–Kier alpha value is -2.75. The molecule has 0 radical (unpaired) electrons. The molecule has 0 aliphatic carbocycles. The summed E-state index contributed by atoms with van der Waals surface area (Å²) in [5.74, 6) is -0.374. The van der Waals surface area contributed by atoms with Crippen LogP contribution < -0.4 is 20.9 Å². The maximum absolute atomic E-state index is 12.0. The van der Waals surface area contributed by atoms with Crippen LogP contribution in [0.15, 0.2) is 29.2 Å². The van der Waals surface area contributed by atoms with Gasteiger partial charge in [-0.3, -0.25) is 30.1 Å². The van der Waals surface area contributed by atoms with Crippen molar-refractivity contribution in [1.82, 2.24) is 21.1 Å². The smallest absolute Gasteiger partial charge is 0.325 e. The van der Waals surface area contributed by atoms with Gasteiger partial charge in [0, 0.05) is 17.9 Å². The van der Waals surface area contributed by atoms with Crippen molar-refractivity contribution < 1.29 is 23.9 Å². The molecule has 28 heavy (non-hydrogen) atoms. The number of hydrogen-bond acceptors (Lipinski definition) is 6. The zero-order valence-corrected chi connectivity index (χ0v) is 16.9. The van der Waals surface area contributed by atoms with Gasteiger partial charge in [0.15, 0.2) is 0 Å². The van der Waals surface area contributed by atoms with Crippen molar-refractivity contribution in [3.8, 4) is 5.75 Å². The van der Waals surface area contributed by atoms with Gasteiger partial charge in [0.05, 0.1) is 12.4 Å². The van der Waals surface area contributed by atoms with Gasteiger partial charge in [0.25, 0.3) is 5.91 Å². The van der Waals surface area contributed by atoms with Gasteiger partial charge in [-0.25, -0.2) is 4.79 Å². The summed E-state index contributed by atoms with van der Waals surface area (Å²) in [6.07, 6.45) is -0.110. The topological polar surface area (TPSA) is 117 Å². The Morgan fingerprint density at radius 3 is 2.36 bits per heavy atom. The first kappa shape index (κ1) is 21.5. The van der Waals surface area contributed by atoms with E-state index in [4.69, 9.17) is 4.74 Å². The summed E-state index contributed by atoms with van der Waals surface area (Å²) in [5.41, 5.74) is 3.62. The lowest BCUT2D eigenvalue weighted by Crippen LogP contribution is -2.44. The van der Waals surface area contributed by atoms with E-state index in [2.05, 4.69) is 16.2 Å². The van der Waals surface area contributed by atoms with Gasteiger partial charge in [-0.15, -0.1) is 11.8 Å². The van der Waals surface area contributed by atoms with Crippen molar-refractivity contribution in [2.24, 2.45) is 0 Å². The maximum atomic E-state index is 12.0. The number of rotatable bonds is 8. The molecule has 1 aromatic carbocycles. The van der Waals surface area contributed by atoms with Gasteiger partial charge < -0.3 is 10.1 Å². The van der Waals surface area contributed by atoms with Crippen LogP contribution in [0.25, 0.3) is 0 Å². The minimum absolute atomic E-state index is 0.0588. The summed E-state index contributed by atoms with van der Waals surface area (Å²) in [5, 5.41) is 2.54. The number of imide groups is 1. The first-order valence-electron chi connectivity index (χ1n) is 8.80. The second-order valence-electron chi connectivity index (χ2n) is 6.55. The predicted molar refractivity (Wildman–Crippen MR) is 104 cm³/mol. The van der Waals surface area contributed by atoms with E-state index >= 15 is 0 Å². The first-order chi connectivity index (χ1) is 13.2. The quantitative estimate of drug-likeness (QED) is 0.336. The van der Waals surface area contributed by atoms with Crippen LogP contribution in [0, 0.1) is 0 Å². The molecule has 1 aliphatic heterocycles. The largest absolute Gasteiger partial charge is 0.494 e. The third kappa shape index (κ3) is 5.88. The average molecular weight is 408 g/mol. The van der Waals surface area contributed by atoms with E-state index in [1.165, 1.54) is 11.8 Å². The van der Waals surface area contributed by atoms with E-state index in [0.29, 0.717) is 6.61 Å². The molecule has 3 N–H and O–H groups in total. The number of thioether (sulfide) groups is 1. The number of ether oxygens (including phenoxy) is 1. The van der Waals surface area contributed by atoms with Gasteiger partial charge in [0.2, 0.25) is 11.8 Å². The van der Waals surface area contributed by atoms with Crippen LogP contribution >= 0.6 is 11.8 Å². The van der Waals surface area contributed by atoms with E-state index in [-0.39, 0.29) is 30.5 Å². The molecule has 152 valence electrons. The minimum Gasteiger partial charge on any atom is -0.494 e. The summed E-state index contributed by atoms with van der Waals surface area (Å²) < 4.78 is 5.35. The Balaban J connectivity index is 1.67. The van der Waals surface area contributed by atoms with Crippen LogP contribution in [0.2, 0.25) is 0 Å². The zero-order valence-electron chi connectivity index (χ0n) is 16.0. The first-order valence-corrected chi connectivity index (χ1v) is 9.79. The van der Waals surface area contributed by atoms with Gasteiger partial charge in [-0.05, 0) is 45.0 Å². The van der Waals surface area contributed by atoms with Crippen molar-refractivity contribution in [2.75, 3.05) is 18.9 Å². The Kier molecular flexibility index (Phi) is 7.27. The Morgan fingerprint density at radius 1 is 1.14 bits per heavy atom. The number of carbonyl (C=O) groups excluding carboxylic acids is 4. The molecule has 0 aromatic heterocycles. The van der Waals surface area contributed by atoms with Gasteiger partial charge in [-0.2, -0.15) is 0 Å². The molecule has 9 nitrogen and oxygen atoms in total. The lowest BCUT2D eigenvalue weighted by atomic mass is 10.1. The number of benzene rings is 1. The number of nitrogens with zero attached hydrogens (tertiary/aromatic N) is 1. The summed E-state index contributed by atoms with van der Waals surface area (Å²) >= 11 is 1.32. The van der Waals surface area contributed by atoms with E-state index in [0.717, 1.165) is 15.5 Å². The van der Waals surface area contributed by atoms with Crippen LogP contribution in [0.4, 0.5) is 4.79 Å². The second-order valence-corrected chi connectivity index (χ2v) is 7.60. The molecule has 0 bridgehead atoms. The lowest BCUT2D eigenvalue weighted by molar-refractivity contribution is -0.131. The number of urea groups is 1. The monoisotopic (exact) mass is 408 g/mol. The van der Waals surface area contributed by atoms with Crippen LogP contribution in [-0.2, 0) is 14.4 Å². The third-order valence-electron chi connectivity index (χ3n) is 3.85. The van der Waals surface area contributed by atoms with Crippen LogP contribution in [0.5, 0.6) is 5.75 Å². The van der Waals surface area contributed by atoms with Crippen molar-refractivity contribution in [3.05, 3.63) is 24.3 Å². The molecule has 1 fully saturated rings. The summed E-state index contributed by atoms with van der Waals surface area (Å²) in [7, 11) is 0. The van der Waals surface area contributed by atoms with Crippen molar-refractivity contribution >= 4 is 35.5 Å². The van der Waals surface area contributed by atoms with E-state index in [1.54, 1.807) is 13.8 Å². The van der Waals surface area contributed by atoms with Crippen molar-refractivity contribution in [3.63, 3.8) is 0 Å². The fourth-order valence-corrected chi connectivity index (χ4v) is 3.12. The highest BCUT2D eigenvalue weighted by molar-refractivity contribution is 8.00. The fourth-order valence-electron chi connectivity index (χ4n) is 2.42. The van der Waals surface area contributed by atoms with Gasteiger partial charge in [0.1, 0.15) is 11.3 Å². The summed E-state index contributed by atoms with van der Waals surface area (Å²) in [4.78, 5) is 49.3. The second kappa shape index (κ2) is 9.45. The molecule has 10 heteroatoms. The van der Waals surface area contributed by atoms with E-state index in [1.807, 2.05) is 31.2 Å². The zero-order chi connectivity index (χ0) is 20.7. The number of amides is 5. The molecule has 5 amide bonds. The standard InChI is InChI=1S/C18H24N4O5S/c1-4-27-12-5-7-13(8-6-12)28-11-15(24)21-20-14(23)9-10-22-16(25)18(2,3)19-17(22)26/h5-8H,4,9-11H2,1-3H3,(H,19,26)(H,20,23)(H,21,24). The normalized spacial score (nSPS) is 15.2. The molecular formula is C18H24N4O5S. The van der Waals surface area contributed by atoms with E-state index < -0.39 is 17.5 Å². The highest BCUT2D eigenvalue weighted by Crippen LogP contribution is 2.21. The van der Waals surface area contributed by atoms with Crippen LogP contribution in [0.3, 0.4) is 0 Å². The predicted octanol–water partition coefficient (Wildman–Crippen LogP) is 1.05. The Morgan fingerprint density at radius 2 is 1.79 bits per heavy atom. The van der Waals surface area contributed by atoms with Crippen LogP contribution in [-0.4, -0.2) is 53.1 Å². The number of hydrazine groups is 1. The third-order valence-corrected chi connectivity index (χ3v) is 4.86. The molecule has 0 spiro atoms. The molecule has 1 aliphatic rings. The van der Waals surface area contributed by atoms with Gasteiger partial charge >= 0.3 is 6.03 Å². The molecule has 1 aromatic rings. The Bertz CT molecular complexity index is 751. The molecule has 1 saturated heterocycles. The Labute approximate surface area is 167 Å². The minimum atomic E-state index is -0.972.